The summed E-state index contributed by atoms with van der Waals surface area (Å²) in [6.07, 6.45) is 15.5. The van der Waals surface area contributed by atoms with E-state index in [-0.39, 0.29) is 29.7 Å². The molecule has 6 heterocycles. The highest BCUT2D eigenvalue weighted by atomic mass is 35.5. The van der Waals surface area contributed by atoms with E-state index in [1.165, 1.54) is 26.6 Å². The Hall–Kier alpha value is -4.71. The van der Waals surface area contributed by atoms with Crippen molar-refractivity contribution in [3.8, 4) is 28.9 Å². The van der Waals surface area contributed by atoms with E-state index in [0.717, 1.165) is 48.4 Å². The lowest BCUT2D eigenvalue weighted by Gasteiger charge is -2.34. The molecule has 16 nitrogen and oxygen atoms in total. The molecule has 1 radical (unpaired) electrons. The quantitative estimate of drug-likeness (QED) is 0.208. The van der Waals surface area contributed by atoms with E-state index in [4.69, 9.17) is 60.8 Å². The SMILES string of the molecule is COc1ncc(-c2cncc(Cl)c2N2CCC(C(N)=O)CC2)cn1.COc1ncc(O[B]O)cn1.NC(=O)C1CCN(c2c(Cl)cncc2Cl)CC1. The number of rotatable bonds is 9. The summed E-state index contributed by atoms with van der Waals surface area (Å²) in [4.78, 5) is 50.5. The van der Waals surface area contributed by atoms with Crippen LogP contribution >= 0.6 is 34.8 Å². The molecule has 2 aliphatic heterocycles. The number of amides is 2. The second kappa shape index (κ2) is 19.8. The van der Waals surface area contributed by atoms with Gasteiger partial charge in [0, 0.05) is 86.3 Å². The highest BCUT2D eigenvalue weighted by molar-refractivity contribution is 6.39. The molecular weight excluding hydrogens is 738 g/mol. The van der Waals surface area contributed by atoms with Crippen LogP contribution in [0.25, 0.3) is 11.1 Å². The van der Waals surface area contributed by atoms with Crippen LogP contribution in [0.4, 0.5) is 11.4 Å². The third kappa shape index (κ3) is 10.9. The van der Waals surface area contributed by atoms with Gasteiger partial charge < -0.3 is 40.4 Å². The van der Waals surface area contributed by atoms with Crippen molar-refractivity contribution < 1.29 is 28.7 Å². The minimum atomic E-state index is -0.237. The van der Waals surface area contributed by atoms with Gasteiger partial charge in [0.15, 0.2) is 0 Å². The fraction of sp³-hybridized carbons (Fsp3) is 0.375. The third-order valence-electron chi connectivity index (χ3n) is 8.23. The number of primary amides is 2. The molecule has 0 aromatic carbocycles. The van der Waals surface area contributed by atoms with E-state index in [1.807, 2.05) is 0 Å². The molecular formula is C32H37BCl3N10O6. The zero-order valence-electron chi connectivity index (χ0n) is 28.4. The van der Waals surface area contributed by atoms with Gasteiger partial charge in [-0.3, -0.25) is 19.6 Å². The van der Waals surface area contributed by atoms with Gasteiger partial charge in [0.25, 0.3) is 0 Å². The molecule has 0 spiro atoms. The van der Waals surface area contributed by atoms with Gasteiger partial charge in [0.05, 0.1) is 53.1 Å². The molecule has 2 amide bonds. The number of carbonyl (C=O) groups is 2. The zero-order valence-corrected chi connectivity index (χ0v) is 30.6. The molecule has 2 fully saturated rings. The molecule has 2 saturated heterocycles. The van der Waals surface area contributed by atoms with Gasteiger partial charge in [-0.25, -0.2) is 9.97 Å². The predicted octanol–water partition coefficient (Wildman–Crippen LogP) is 3.38. The van der Waals surface area contributed by atoms with Crippen molar-refractivity contribution in [1.82, 2.24) is 29.9 Å². The number of pyridine rings is 2. The number of carbonyl (C=O) groups excluding carboxylic acids is 2. The monoisotopic (exact) mass is 773 g/mol. The van der Waals surface area contributed by atoms with E-state index < -0.39 is 0 Å². The number of aromatic nitrogens is 6. The lowest BCUT2D eigenvalue weighted by molar-refractivity contribution is -0.123. The summed E-state index contributed by atoms with van der Waals surface area (Å²) in [6, 6.07) is 0.563. The van der Waals surface area contributed by atoms with E-state index in [9.17, 15) is 9.59 Å². The van der Waals surface area contributed by atoms with Crippen LogP contribution in [-0.2, 0) is 9.59 Å². The van der Waals surface area contributed by atoms with Crippen LogP contribution < -0.4 is 35.4 Å². The van der Waals surface area contributed by atoms with Crippen LogP contribution in [0.15, 0.2) is 49.6 Å². The number of hydrogen-bond acceptors (Lipinski definition) is 14. The minimum Gasteiger partial charge on any atom is -0.535 e. The first-order chi connectivity index (χ1) is 25.1. The number of halogens is 3. The van der Waals surface area contributed by atoms with Gasteiger partial charge in [0.2, 0.25) is 11.8 Å². The molecule has 52 heavy (non-hydrogen) atoms. The van der Waals surface area contributed by atoms with Crippen LogP contribution in [0.3, 0.4) is 0 Å². The molecule has 2 aliphatic rings. The van der Waals surface area contributed by atoms with Gasteiger partial charge in [-0.1, -0.05) is 34.8 Å². The number of ether oxygens (including phenoxy) is 2. The molecule has 0 unspecified atom stereocenters. The Morgan fingerprint density at radius 3 is 1.52 bits per heavy atom. The van der Waals surface area contributed by atoms with Gasteiger partial charge in [-0.05, 0) is 25.7 Å². The largest absolute Gasteiger partial charge is 0.569 e. The second-order valence-corrected chi connectivity index (χ2v) is 12.6. The second-order valence-electron chi connectivity index (χ2n) is 11.4. The predicted molar refractivity (Wildman–Crippen MR) is 197 cm³/mol. The highest BCUT2D eigenvalue weighted by Gasteiger charge is 2.27. The molecule has 4 aromatic rings. The number of hydrogen-bond donors (Lipinski definition) is 3. The minimum absolute atomic E-state index is 0.0364. The lowest BCUT2D eigenvalue weighted by atomic mass is 9.95. The number of piperidine rings is 2. The van der Waals surface area contributed by atoms with Gasteiger partial charge >= 0.3 is 19.7 Å². The smallest absolute Gasteiger partial charge is 0.535 e. The van der Waals surface area contributed by atoms with Crippen LogP contribution in [0, 0.1) is 11.8 Å². The van der Waals surface area contributed by atoms with Crippen molar-refractivity contribution in [2.45, 2.75) is 25.7 Å². The van der Waals surface area contributed by atoms with E-state index in [1.54, 1.807) is 37.2 Å². The Morgan fingerprint density at radius 2 is 1.10 bits per heavy atom. The summed E-state index contributed by atoms with van der Waals surface area (Å²) in [7, 11) is 3.55. The number of methoxy groups -OCH3 is 2. The van der Waals surface area contributed by atoms with Crippen molar-refractivity contribution in [2.75, 3.05) is 50.2 Å². The zero-order chi connectivity index (χ0) is 37.6. The van der Waals surface area contributed by atoms with E-state index in [0.29, 0.717) is 60.4 Å². The maximum absolute atomic E-state index is 11.4. The van der Waals surface area contributed by atoms with Gasteiger partial charge in [-0.2, -0.15) is 9.97 Å². The van der Waals surface area contributed by atoms with Crippen molar-refractivity contribution in [2.24, 2.45) is 23.3 Å². The molecule has 0 saturated carbocycles. The van der Waals surface area contributed by atoms with Crippen molar-refractivity contribution in [3.05, 3.63) is 64.6 Å². The Bertz CT molecular complexity index is 1750. The molecule has 275 valence electrons. The van der Waals surface area contributed by atoms with E-state index in [2.05, 4.69) is 44.4 Å². The standard InChI is InChI=1S/C16H18ClN5O2.C11H13Cl2N3O.C5H6BN2O3/c1-24-16-20-6-11(7-21-16)12-8-19-9-13(17)14(12)22-4-2-10(3-5-22)15(18)23;12-8-5-15-6-9(13)10(8)16-3-1-7(2-4-16)11(14)17;1-10-5-7-2-4(3-8-5)11-6-9/h6-10H,2-5H2,1H3,(H2,18,23);5-7H,1-4H2,(H2,14,17);2-3,9H,1H3. The average molecular weight is 775 g/mol. The van der Waals surface area contributed by atoms with Crippen molar-refractivity contribution in [1.29, 1.82) is 0 Å². The summed E-state index contributed by atoms with van der Waals surface area (Å²) in [6.45, 7) is 2.89. The van der Waals surface area contributed by atoms with Crippen LogP contribution in [0.1, 0.15) is 25.7 Å². The summed E-state index contributed by atoms with van der Waals surface area (Å²) in [5, 5.41) is 9.84. The average Bonchev–Trinajstić information content (AvgIpc) is 3.16. The highest BCUT2D eigenvalue weighted by Crippen LogP contribution is 2.38. The van der Waals surface area contributed by atoms with Crippen LogP contribution in [0.5, 0.6) is 17.8 Å². The van der Waals surface area contributed by atoms with Gasteiger partial charge in [0.1, 0.15) is 5.75 Å². The van der Waals surface area contributed by atoms with Crippen molar-refractivity contribution >= 4 is 65.7 Å². The first kappa shape index (κ1) is 40.1. The Morgan fingerprint density at radius 1 is 0.692 bits per heavy atom. The first-order valence-corrected chi connectivity index (χ1v) is 17.1. The summed E-state index contributed by atoms with van der Waals surface area (Å²) >= 11 is 18.6. The molecule has 5 N–H and O–H groups in total. The molecule has 0 atom stereocenters. The Balaban J connectivity index is 0.000000188. The Labute approximate surface area is 316 Å². The fourth-order valence-corrected chi connectivity index (χ4v) is 6.42. The number of anilines is 2. The third-order valence-corrected chi connectivity index (χ3v) is 9.06. The first-order valence-electron chi connectivity index (χ1n) is 15.9. The van der Waals surface area contributed by atoms with Crippen molar-refractivity contribution in [3.63, 3.8) is 0 Å². The molecule has 0 bridgehead atoms. The molecule has 4 aromatic heterocycles. The number of nitrogens with two attached hydrogens (primary N) is 2. The summed E-state index contributed by atoms with van der Waals surface area (Å²) < 4.78 is 14.2. The fourth-order valence-electron chi connectivity index (χ4n) is 5.53. The van der Waals surface area contributed by atoms with Crippen LogP contribution in [0.2, 0.25) is 15.1 Å². The maximum atomic E-state index is 11.4. The molecule has 6 rings (SSSR count). The number of nitrogens with zero attached hydrogens (tertiary/aromatic N) is 8. The summed E-state index contributed by atoms with van der Waals surface area (Å²) in [5.41, 5.74) is 14.0. The molecule has 20 heteroatoms. The maximum Gasteiger partial charge on any atom is 0.569 e. The van der Waals surface area contributed by atoms with Crippen LogP contribution in [-0.4, -0.2) is 94.8 Å². The topological polar surface area (TPSA) is 218 Å². The summed E-state index contributed by atoms with van der Waals surface area (Å²) in [5.74, 6) is -0.218. The van der Waals surface area contributed by atoms with E-state index >= 15 is 0 Å². The normalized spacial score (nSPS) is 14.6. The van der Waals surface area contributed by atoms with Gasteiger partial charge in [-0.15, -0.1) is 0 Å². The Kier molecular flexibility index (Phi) is 15.2. The molecule has 0 aliphatic carbocycles. The lowest BCUT2D eigenvalue weighted by Crippen LogP contribution is -2.38.